The van der Waals surface area contributed by atoms with Crippen LogP contribution in [0.15, 0.2) is 18.2 Å². The maximum atomic E-state index is 11.7. The number of carbonyl (C=O) groups excluding carboxylic acids is 1. The summed E-state index contributed by atoms with van der Waals surface area (Å²) in [6.07, 6.45) is 0.979. The Morgan fingerprint density at radius 2 is 2.15 bits per heavy atom. The highest BCUT2D eigenvalue weighted by molar-refractivity contribution is 5.76. The maximum Gasteiger partial charge on any atom is 0.223 e. The number of methoxy groups -OCH3 is 1. The highest BCUT2D eigenvalue weighted by atomic mass is 16.5. The van der Waals surface area contributed by atoms with Crippen molar-refractivity contribution in [1.29, 1.82) is 5.26 Å². The van der Waals surface area contributed by atoms with E-state index < -0.39 is 0 Å². The standard InChI is InChI=1S/C15H20N2O3/c1-4-20-13-7-5-12(11-14(13)19-3)6-8-15(18)17(2)10-9-16/h5,7,11H,4,6,8,10H2,1-3H3. The van der Waals surface area contributed by atoms with Crippen molar-refractivity contribution in [2.75, 3.05) is 27.3 Å². The number of nitrogens with zero attached hydrogens (tertiary/aromatic N) is 2. The third kappa shape index (κ3) is 4.47. The summed E-state index contributed by atoms with van der Waals surface area (Å²) in [5.41, 5.74) is 1.00. The van der Waals surface area contributed by atoms with Crippen LogP contribution in [0.25, 0.3) is 0 Å². The highest BCUT2D eigenvalue weighted by Crippen LogP contribution is 2.28. The molecule has 0 bridgehead atoms. The molecule has 1 rings (SSSR count). The van der Waals surface area contributed by atoms with Crippen LogP contribution in [0, 0.1) is 11.3 Å². The molecule has 0 fully saturated rings. The Balaban J connectivity index is 2.65. The van der Waals surface area contributed by atoms with Crippen molar-refractivity contribution >= 4 is 5.91 Å². The molecule has 1 aromatic carbocycles. The Hall–Kier alpha value is -2.22. The summed E-state index contributed by atoms with van der Waals surface area (Å²) in [5, 5.41) is 8.55. The molecule has 0 saturated carbocycles. The summed E-state index contributed by atoms with van der Waals surface area (Å²) in [6, 6.07) is 7.60. The highest BCUT2D eigenvalue weighted by Gasteiger charge is 2.10. The van der Waals surface area contributed by atoms with Crippen molar-refractivity contribution in [2.45, 2.75) is 19.8 Å². The largest absolute Gasteiger partial charge is 0.493 e. The number of ether oxygens (including phenoxy) is 2. The summed E-state index contributed by atoms with van der Waals surface area (Å²) in [7, 11) is 3.22. The molecule has 0 aromatic heterocycles. The fourth-order valence-electron chi connectivity index (χ4n) is 1.78. The predicted octanol–water partition coefficient (Wildman–Crippen LogP) is 2.01. The van der Waals surface area contributed by atoms with E-state index in [0.717, 1.165) is 5.56 Å². The Kier molecular flexibility index (Phi) is 6.38. The van der Waals surface area contributed by atoms with Gasteiger partial charge in [0.2, 0.25) is 5.91 Å². The first kappa shape index (κ1) is 15.8. The number of hydrogen-bond donors (Lipinski definition) is 0. The summed E-state index contributed by atoms with van der Waals surface area (Å²) < 4.78 is 10.7. The van der Waals surface area contributed by atoms with Gasteiger partial charge in [-0.05, 0) is 31.0 Å². The van der Waals surface area contributed by atoms with Crippen molar-refractivity contribution in [3.05, 3.63) is 23.8 Å². The second kappa shape index (κ2) is 8.05. The maximum absolute atomic E-state index is 11.7. The molecule has 108 valence electrons. The molecule has 0 N–H and O–H groups in total. The molecule has 0 aliphatic carbocycles. The van der Waals surface area contributed by atoms with Gasteiger partial charge in [-0.1, -0.05) is 6.07 Å². The van der Waals surface area contributed by atoms with Gasteiger partial charge >= 0.3 is 0 Å². The first-order chi connectivity index (χ1) is 9.62. The average molecular weight is 276 g/mol. The fraction of sp³-hybridized carbons (Fsp3) is 0.467. The van der Waals surface area contributed by atoms with Crippen LogP contribution in [0.2, 0.25) is 0 Å². The van der Waals surface area contributed by atoms with Crippen molar-refractivity contribution in [3.63, 3.8) is 0 Å². The smallest absolute Gasteiger partial charge is 0.223 e. The van der Waals surface area contributed by atoms with Crippen molar-refractivity contribution in [3.8, 4) is 17.6 Å². The average Bonchev–Trinajstić information content (AvgIpc) is 2.46. The number of nitriles is 1. The molecule has 0 saturated heterocycles. The molecule has 0 radical (unpaired) electrons. The Bertz CT molecular complexity index is 494. The topological polar surface area (TPSA) is 62.6 Å². The second-order valence-corrected chi connectivity index (χ2v) is 4.33. The van der Waals surface area contributed by atoms with Gasteiger partial charge in [0, 0.05) is 13.5 Å². The zero-order chi connectivity index (χ0) is 15.0. The van der Waals surface area contributed by atoms with Crippen LogP contribution in [0.5, 0.6) is 11.5 Å². The molecular formula is C15H20N2O3. The van der Waals surface area contributed by atoms with E-state index in [2.05, 4.69) is 0 Å². The van der Waals surface area contributed by atoms with Gasteiger partial charge < -0.3 is 14.4 Å². The van der Waals surface area contributed by atoms with Gasteiger partial charge in [-0.15, -0.1) is 0 Å². The molecule has 0 spiro atoms. The lowest BCUT2D eigenvalue weighted by Gasteiger charge is -2.14. The zero-order valence-electron chi connectivity index (χ0n) is 12.2. The molecule has 0 unspecified atom stereocenters. The summed E-state index contributed by atoms with van der Waals surface area (Å²) in [5.74, 6) is 1.33. The van der Waals surface area contributed by atoms with Gasteiger partial charge in [0.05, 0.1) is 19.8 Å². The number of hydrogen-bond acceptors (Lipinski definition) is 4. The Labute approximate surface area is 119 Å². The third-order valence-electron chi connectivity index (χ3n) is 2.89. The van der Waals surface area contributed by atoms with E-state index in [4.69, 9.17) is 14.7 Å². The van der Waals surface area contributed by atoms with Crippen molar-refractivity contribution in [2.24, 2.45) is 0 Å². The van der Waals surface area contributed by atoms with Gasteiger partial charge in [0.25, 0.3) is 0 Å². The minimum absolute atomic E-state index is 0.0422. The van der Waals surface area contributed by atoms with E-state index in [1.54, 1.807) is 14.2 Å². The lowest BCUT2D eigenvalue weighted by molar-refractivity contribution is -0.129. The first-order valence-electron chi connectivity index (χ1n) is 6.53. The number of benzene rings is 1. The van der Waals surface area contributed by atoms with Crippen LogP contribution >= 0.6 is 0 Å². The lowest BCUT2D eigenvalue weighted by atomic mass is 10.1. The first-order valence-corrected chi connectivity index (χ1v) is 6.53. The van der Waals surface area contributed by atoms with Gasteiger partial charge in [-0.2, -0.15) is 5.26 Å². The van der Waals surface area contributed by atoms with Crippen LogP contribution in [0.3, 0.4) is 0 Å². The van der Waals surface area contributed by atoms with E-state index in [-0.39, 0.29) is 12.5 Å². The van der Waals surface area contributed by atoms with E-state index in [1.165, 1.54) is 4.90 Å². The number of aryl methyl sites for hydroxylation is 1. The summed E-state index contributed by atoms with van der Waals surface area (Å²) in [4.78, 5) is 13.2. The predicted molar refractivity (Wildman–Crippen MR) is 75.7 cm³/mol. The number of rotatable bonds is 7. The molecule has 1 aromatic rings. The fourth-order valence-corrected chi connectivity index (χ4v) is 1.78. The summed E-state index contributed by atoms with van der Waals surface area (Å²) >= 11 is 0. The minimum atomic E-state index is -0.0422. The van der Waals surface area contributed by atoms with Gasteiger partial charge in [-0.25, -0.2) is 0 Å². The van der Waals surface area contributed by atoms with E-state index in [9.17, 15) is 4.79 Å². The Morgan fingerprint density at radius 3 is 2.75 bits per heavy atom. The van der Waals surface area contributed by atoms with Crippen LogP contribution in [0.4, 0.5) is 0 Å². The van der Waals surface area contributed by atoms with E-state index in [0.29, 0.717) is 30.9 Å². The minimum Gasteiger partial charge on any atom is -0.493 e. The monoisotopic (exact) mass is 276 g/mol. The molecule has 5 nitrogen and oxygen atoms in total. The molecule has 0 atom stereocenters. The van der Waals surface area contributed by atoms with Crippen LogP contribution < -0.4 is 9.47 Å². The SMILES string of the molecule is CCOc1ccc(CCC(=O)N(C)CC#N)cc1OC. The molecule has 1 amide bonds. The van der Waals surface area contributed by atoms with E-state index in [1.807, 2.05) is 31.2 Å². The van der Waals surface area contributed by atoms with E-state index >= 15 is 0 Å². The van der Waals surface area contributed by atoms with Gasteiger partial charge in [-0.3, -0.25) is 4.79 Å². The molecule has 0 aliphatic rings. The molecule has 5 heteroatoms. The lowest BCUT2D eigenvalue weighted by Crippen LogP contribution is -2.27. The van der Waals surface area contributed by atoms with Crippen molar-refractivity contribution < 1.29 is 14.3 Å². The molecule has 0 aliphatic heterocycles. The van der Waals surface area contributed by atoms with Crippen molar-refractivity contribution in [1.82, 2.24) is 4.90 Å². The number of amides is 1. The summed E-state index contributed by atoms with van der Waals surface area (Å²) in [6.45, 7) is 2.61. The van der Waals surface area contributed by atoms with Crippen LogP contribution in [0.1, 0.15) is 18.9 Å². The Morgan fingerprint density at radius 1 is 1.40 bits per heavy atom. The molecule has 0 heterocycles. The zero-order valence-corrected chi connectivity index (χ0v) is 12.2. The van der Waals surface area contributed by atoms with Gasteiger partial charge in [0.15, 0.2) is 11.5 Å². The quantitative estimate of drug-likeness (QED) is 0.715. The van der Waals surface area contributed by atoms with Gasteiger partial charge in [0.1, 0.15) is 6.54 Å². The third-order valence-corrected chi connectivity index (χ3v) is 2.89. The molecular weight excluding hydrogens is 256 g/mol. The second-order valence-electron chi connectivity index (χ2n) is 4.33. The van der Waals surface area contributed by atoms with Crippen LogP contribution in [-0.4, -0.2) is 38.1 Å². The van der Waals surface area contributed by atoms with Crippen LogP contribution in [-0.2, 0) is 11.2 Å². The normalized spacial score (nSPS) is 9.70. The molecule has 20 heavy (non-hydrogen) atoms. The number of carbonyl (C=O) groups is 1.